The minimum absolute atomic E-state index is 0.0275. The highest BCUT2D eigenvalue weighted by molar-refractivity contribution is 5.85. The van der Waals surface area contributed by atoms with Gasteiger partial charge in [0.25, 0.3) is 5.91 Å². The lowest BCUT2D eigenvalue weighted by Gasteiger charge is -2.27. The molecule has 0 unspecified atom stereocenters. The first-order valence-corrected chi connectivity index (χ1v) is 4.47. The second kappa shape index (κ2) is 4.23. The number of hydrazine groups is 1. The van der Waals surface area contributed by atoms with Crippen molar-refractivity contribution in [3.05, 3.63) is 0 Å². The van der Waals surface area contributed by atoms with E-state index in [1.807, 2.05) is 0 Å². The van der Waals surface area contributed by atoms with E-state index in [0.29, 0.717) is 13.0 Å². The highest BCUT2D eigenvalue weighted by atomic mass is 16.2. The number of rotatable bonds is 2. The molecule has 5 nitrogen and oxygen atoms in total. The summed E-state index contributed by atoms with van der Waals surface area (Å²) in [5, 5.41) is 1.36. The molecule has 0 aliphatic carbocycles. The molecule has 1 heterocycles. The highest BCUT2D eigenvalue weighted by Gasteiger charge is 2.20. The average Bonchev–Trinajstić information content (AvgIpc) is 2.08. The number of carbonyl (C=O) groups excluding carboxylic acids is 2. The maximum atomic E-state index is 11.2. The first kappa shape index (κ1) is 9.98. The van der Waals surface area contributed by atoms with Crippen LogP contribution in [-0.4, -0.2) is 29.4 Å². The summed E-state index contributed by atoms with van der Waals surface area (Å²) < 4.78 is 0. The van der Waals surface area contributed by atoms with Gasteiger partial charge < -0.3 is 5.73 Å². The predicted molar refractivity (Wildman–Crippen MR) is 47.4 cm³/mol. The molecule has 1 saturated heterocycles. The molecule has 0 radical (unpaired) electrons. The van der Waals surface area contributed by atoms with Crippen LogP contribution in [0.15, 0.2) is 0 Å². The van der Waals surface area contributed by atoms with Crippen molar-refractivity contribution in [1.29, 1.82) is 0 Å². The Bertz CT molecular complexity index is 215. The fourth-order valence-electron chi connectivity index (χ4n) is 1.16. The molecule has 0 bridgehead atoms. The van der Waals surface area contributed by atoms with Crippen LogP contribution in [-0.2, 0) is 9.59 Å². The van der Waals surface area contributed by atoms with Crippen LogP contribution < -0.4 is 11.2 Å². The number of hydrogen-bond donors (Lipinski definition) is 2. The van der Waals surface area contributed by atoms with E-state index in [1.54, 1.807) is 6.92 Å². The van der Waals surface area contributed by atoms with Gasteiger partial charge in [0.15, 0.2) is 0 Å². The molecule has 1 aliphatic rings. The molecule has 1 aliphatic heterocycles. The van der Waals surface area contributed by atoms with Crippen LogP contribution in [0.4, 0.5) is 0 Å². The van der Waals surface area contributed by atoms with Crippen LogP contribution in [0.2, 0.25) is 0 Å². The maximum absolute atomic E-state index is 11.2. The van der Waals surface area contributed by atoms with E-state index >= 15 is 0 Å². The molecule has 13 heavy (non-hydrogen) atoms. The SMILES string of the molecule is C[C@@H](N)C(=O)NN1CCCCC1=O. The molecule has 1 fully saturated rings. The summed E-state index contributed by atoms with van der Waals surface area (Å²) in [6.45, 7) is 2.18. The number of carbonyl (C=O) groups is 2. The van der Waals surface area contributed by atoms with Crippen LogP contribution in [0, 0.1) is 0 Å². The predicted octanol–water partition coefficient (Wildman–Crippen LogP) is -0.623. The average molecular weight is 185 g/mol. The van der Waals surface area contributed by atoms with E-state index in [1.165, 1.54) is 5.01 Å². The Morgan fingerprint density at radius 2 is 2.31 bits per heavy atom. The molecule has 0 aromatic rings. The van der Waals surface area contributed by atoms with E-state index in [2.05, 4.69) is 5.43 Å². The molecule has 0 aromatic heterocycles. The van der Waals surface area contributed by atoms with E-state index in [4.69, 9.17) is 5.73 Å². The Kier molecular flexibility index (Phi) is 3.25. The van der Waals surface area contributed by atoms with Crippen molar-refractivity contribution in [2.75, 3.05) is 6.54 Å². The number of nitrogens with zero attached hydrogens (tertiary/aromatic N) is 1. The summed E-state index contributed by atoms with van der Waals surface area (Å²) >= 11 is 0. The summed E-state index contributed by atoms with van der Waals surface area (Å²) in [5.41, 5.74) is 7.84. The molecule has 0 saturated carbocycles. The fourth-order valence-corrected chi connectivity index (χ4v) is 1.16. The highest BCUT2D eigenvalue weighted by Crippen LogP contribution is 2.07. The quantitative estimate of drug-likeness (QED) is 0.602. The molecule has 0 aromatic carbocycles. The topological polar surface area (TPSA) is 75.4 Å². The number of amides is 2. The van der Waals surface area contributed by atoms with Gasteiger partial charge in [-0.2, -0.15) is 0 Å². The normalized spacial score (nSPS) is 19.8. The van der Waals surface area contributed by atoms with Crippen LogP contribution in [0.1, 0.15) is 26.2 Å². The summed E-state index contributed by atoms with van der Waals surface area (Å²) in [6, 6.07) is -0.574. The monoisotopic (exact) mass is 185 g/mol. The molecule has 0 spiro atoms. The molecule has 1 atom stereocenters. The van der Waals surface area contributed by atoms with Gasteiger partial charge in [-0.3, -0.25) is 20.0 Å². The minimum atomic E-state index is -0.574. The molecule has 74 valence electrons. The van der Waals surface area contributed by atoms with Crippen molar-refractivity contribution in [2.45, 2.75) is 32.2 Å². The molecular weight excluding hydrogens is 170 g/mol. The first-order chi connectivity index (χ1) is 6.11. The van der Waals surface area contributed by atoms with Crippen molar-refractivity contribution in [1.82, 2.24) is 10.4 Å². The molecule has 1 rings (SSSR count). The molecular formula is C8H15N3O2. The van der Waals surface area contributed by atoms with Gasteiger partial charge in [-0.25, -0.2) is 0 Å². The Morgan fingerprint density at radius 1 is 1.62 bits per heavy atom. The summed E-state index contributed by atoms with van der Waals surface area (Å²) in [6.07, 6.45) is 2.35. The van der Waals surface area contributed by atoms with Gasteiger partial charge >= 0.3 is 0 Å². The van der Waals surface area contributed by atoms with Crippen molar-refractivity contribution < 1.29 is 9.59 Å². The van der Waals surface area contributed by atoms with Crippen molar-refractivity contribution in [3.8, 4) is 0 Å². The maximum Gasteiger partial charge on any atom is 0.255 e. The third kappa shape index (κ3) is 2.69. The van der Waals surface area contributed by atoms with Crippen LogP contribution in [0.3, 0.4) is 0 Å². The van der Waals surface area contributed by atoms with Gasteiger partial charge in [0, 0.05) is 13.0 Å². The standard InChI is InChI=1S/C8H15N3O2/c1-6(9)8(13)10-11-5-3-2-4-7(11)12/h6H,2-5,9H2,1H3,(H,10,13)/t6-/m1/s1. The van der Waals surface area contributed by atoms with Gasteiger partial charge in [0.1, 0.15) is 0 Å². The van der Waals surface area contributed by atoms with Gasteiger partial charge in [0.05, 0.1) is 6.04 Å². The van der Waals surface area contributed by atoms with E-state index in [-0.39, 0.29) is 11.8 Å². The lowest BCUT2D eigenvalue weighted by molar-refractivity contribution is -0.143. The lowest BCUT2D eigenvalue weighted by atomic mass is 10.1. The van der Waals surface area contributed by atoms with E-state index in [9.17, 15) is 9.59 Å². The second-order valence-electron chi connectivity index (χ2n) is 3.27. The Balaban J connectivity index is 2.43. The van der Waals surface area contributed by atoms with Gasteiger partial charge in [-0.05, 0) is 19.8 Å². The third-order valence-corrected chi connectivity index (χ3v) is 1.98. The van der Waals surface area contributed by atoms with Crippen molar-refractivity contribution in [2.24, 2.45) is 5.73 Å². The smallest absolute Gasteiger partial charge is 0.255 e. The van der Waals surface area contributed by atoms with Gasteiger partial charge in [-0.15, -0.1) is 0 Å². The third-order valence-electron chi connectivity index (χ3n) is 1.98. The van der Waals surface area contributed by atoms with Crippen molar-refractivity contribution >= 4 is 11.8 Å². The number of nitrogens with two attached hydrogens (primary N) is 1. The zero-order chi connectivity index (χ0) is 9.84. The Hall–Kier alpha value is -1.10. The molecule has 5 heteroatoms. The number of piperidine rings is 1. The first-order valence-electron chi connectivity index (χ1n) is 4.47. The van der Waals surface area contributed by atoms with E-state index < -0.39 is 6.04 Å². The minimum Gasteiger partial charge on any atom is -0.320 e. The zero-order valence-corrected chi connectivity index (χ0v) is 7.75. The van der Waals surface area contributed by atoms with Crippen molar-refractivity contribution in [3.63, 3.8) is 0 Å². The molecule has 2 amide bonds. The van der Waals surface area contributed by atoms with Crippen LogP contribution in [0.5, 0.6) is 0 Å². The van der Waals surface area contributed by atoms with Gasteiger partial charge in [0.2, 0.25) is 5.91 Å². The van der Waals surface area contributed by atoms with E-state index in [0.717, 1.165) is 12.8 Å². The summed E-state index contributed by atoms with van der Waals surface area (Å²) in [5.74, 6) is -0.337. The zero-order valence-electron chi connectivity index (χ0n) is 7.75. The van der Waals surface area contributed by atoms with Crippen LogP contribution in [0.25, 0.3) is 0 Å². The van der Waals surface area contributed by atoms with Gasteiger partial charge in [-0.1, -0.05) is 0 Å². The number of nitrogens with one attached hydrogen (secondary N) is 1. The Labute approximate surface area is 77.2 Å². The fraction of sp³-hybridized carbons (Fsp3) is 0.750. The number of hydrogen-bond acceptors (Lipinski definition) is 3. The van der Waals surface area contributed by atoms with Crippen LogP contribution >= 0.6 is 0 Å². The Morgan fingerprint density at radius 3 is 2.85 bits per heavy atom. The largest absolute Gasteiger partial charge is 0.320 e. The molecule has 3 N–H and O–H groups in total. The second-order valence-corrected chi connectivity index (χ2v) is 3.27. The summed E-state index contributed by atoms with van der Waals surface area (Å²) in [4.78, 5) is 22.3. The summed E-state index contributed by atoms with van der Waals surface area (Å²) in [7, 11) is 0. The lowest BCUT2D eigenvalue weighted by Crippen LogP contribution is -2.52.